The van der Waals surface area contributed by atoms with Gasteiger partial charge in [-0.1, -0.05) is 27.7 Å². The molecule has 1 unspecified atom stereocenters. The molecule has 0 saturated heterocycles. The zero-order valence-electron chi connectivity index (χ0n) is 10.3. The first-order valence-corrected chi connectivity index (χ1v) is 5.87. The molecule has 0 spiro atoms. The van der Waals surface area contributed by atoms with Crippen LogP contribution < -0.4 is 5.32 Å². The minimum Gasteiger partial charge on any atom is -0.472 e. The van der Waals surface area contributed by atoms with E-state index >= 15 is 0 Å². The topological polar surface area (TPSA) is 25.2 Å². The Morgan fingerprint density at radius 1 is 1.40 bits per heavy atom. The lowest BCUT2D eigenvalue weighted by Gasteiger charge is -2.33. The van der Waals surface area contributed by atoms with Crippen LogP contribution in [0.3, 0.4) is 0 Å². The van der Waals surface area contributed by atoms with Gasteiger partial charge in [0.1, 0.15) is 0 Å². The van der Waals surface area contributed by atoms with Crippen LogP contribution in [0.1, 0.15) is 52.1 Å². The molecule has 1 aromatic rings. The summed E-state index contributed by atoms with van der Waals surface area (Å²) in [6, 6.07) is 2.45. The molecular formula is C13H23NO. The SMILES string of the molecule is CCCNC(c1ccoc1)C(C)(C)CC. The van der Waals surface area contributed by atoms with Gasteiger partial charge in [-0.25, -0.2) is 0 Å². The fraction of sp³-hybridized carbons (Fsp3) is 0.692. The van der Waals surface area contributed by atoms with Crippen LogP contribution in [-0.4, -0.2) is 6.54 Å². The molecule has 15 heavy (non-hydrogen) atoms. The van der Waals surface area contributed by atoms with Crippen molar-refractivity contribution in [2.24, 2.45) is 5.41 Å². The second-order valence-corrected chi connectivity index (χ2v) is 4.79. The summed E-state index contributed by atoms with van der Waals surface area (Å²) in [5.74, 6) is 0. The molecule has 0 aliphatic carbocycles. The molecule has 86 valence electrons. The molecule has 1 N–H and O–H groups in total. The van der Waals surface area contributed by atoms with Crippen LogP contribution in [0.25, 0.3) is 0 Å². The zero-order chi connectivity index (χ0) is 11.3. The quantitative estimate of drug-likeness (QED) is 0.771. The molecule has 2 heteroatoms. The number of hydrogen-bond acceptors (Lipinski definition) is 2. The lowest BCUT2D eigenvalue weighted by atomic mass is 9.79. The third-order valence-electron chi connectivity index (χ3n) is 3.17. The highest BCUT2D eigenvalue weighted by Crippen LogP contribution is 2.36. The molecule has 0 aliphatic heterocycles. The maximum Gasteiger partial charge on any atom is 0.0950 e. The molecule has 0 bridgehead atoms. The predicted molar refractivity (Wildman–Crippen MR) is 63.8 cm³/mol. The molecule has 1 atom stereocenters. The van der Waals surface area contributed by atoms with Gasteiger partial charge in [0, 0.05) is 11.6 Å². The lowest BCUT2D eigenvalue weighted by Crippen LogP contribution is -2.34. The van der Waals surface area contributed by atoms with Crippen molar-refractivity contribution in [2.45, 2.75) is 46.6 Å². The highest BCUT2D eigenvalue weighted by atomic mass is 16.3. The van der Waals surface area contributed by atoms with E-state index in [1.807, 2.05) is 6.26 Å². The Balaban J connectivity index is 2.78. The van der Waals surface area contributed by atoms with E-state index < -0.39 is 0 Å². The van der Waals surface area contributed by atoms with Crippen molar-refractivity contribution < 1.29 is 4.42 Å². The van der Waals surface area contributed by atoms with Crippen LogP contribution in [0.5, 0.6) is 0 Å². The third-order valence-corrected chi connectivity index (χ3v) is 3.17. The second-order valence-electron chi connectivity index (χ2n) is 4.79. The van der Waals surface area contributed by atoms with Crippen molar-refractivity contribution in [3.63, 3.8) is 0 Å². The summed E-state index contributed by atoms with van der Waals surface area (Å²) in [5, 5.41) is 3.60. The number of rotatable bonds is 6. The normalized spacial score (nSPS) is 14.1. The molecule has 1 aromatic heterocycles. The minimum absolute atomic E-state index is 0.263. The molecule has 0 saturated carbocycles. The molecule has 0 aromatic carbocycles. The minimum atomic E-state index is 0.263. The van der Waals surface area contributed by atoms with Crippen molar-refractivity contribution in [3.8, 4) is 0 Å². The highest BCUT2D eigenvalue weighted by molar-refractivity contribution is 5.14. The van der Waals surface area contributed by atoms with E-state index in [2.05, 4.69) is 39.1 Å². The van der Waals surface area contributed by atoms with Gasteiger partial charge in [0.05, 0.1) is 12.5 Å². The van der Waals surface area contributed by atoms with Crippen molar-refractivity contribution in [1.82, 2.24) is 5.32 Å². The van der Waals surface area contributed by atoms with E-state index in [1.54, 1.807) is 6.26 Å². The summed E-state index contributed by atoms with van der Waals surface area (Å²) >= 11 is 0. The van der Waals surface area contributed by atoms with Crippen LogP contribution in [0.4, 0.5) is 0 Å². The molecule has 1 heterocycles. The van der Waals surface area contributed by atoms with Crippen molar-refractivity contribution in [2.75, 3.05) is 6.54 Å². The monoisotopic (exact) mass is 209 g/mol. The van der Waals surface area contributed by atoms with E-state index in [4.69, 9.17) is 4.42 Å². The van der Waals surface area contributed by atoms with Gasteiger partial charge in [-0.2, -0.15) is 0 Å². The first-order chi connectivity index (χ1) is 7.11. The number of hydrogen-bond donors (Lipinski definition) is 1. The first kappa shape index (κ1) is 12.3. The molecule has 0 radical (unpaired) electrons. The summed E-state index contributed by atoms with van der Waals surface area (Å²) < 4.78 is 5.18. The average molecular weight is 209 g/mol. The third kappa shape index (κ3) is 3.10. The van der Waals surface area contributed by atoms with Crippen LogP contribution in [-0.2, 0) is 0 Å². The standard InChI is InChI=1S/C13H23NO/c1-5-8-14-12(13(3,4)6-2)11-7-9-15-10-11/h7,9-10,12,14H,5-6,8H2,1-4H3. The van der Waals surface area contributed by atoms with E-state index in [0.717, 1.165) is 19.4 Å². The van der Waals surface area contributed by atoms with Gasteiger partial charge < -0.3 is 9.73 Å². The fourth-order valence-electron chi connectivity index (χ4n) is 1.78. The Bertz CT molecular complexity index is 264. The van der Waals surface area contributed by atoms with Crippen LogP contribution in [0, 0.1) is 5.41 Å². The Kier molecular flexibility index (Phi) is 4.40. The van der Waals surface area contributed by atoms with E-state index in [1.165, 1.54) is 5.56 Å². The number of nitrogens with one attached hydrogen (secondary N) is 1. The Hall–Kier alpha value is -0.760. The second kappa shape index (κ2) is 5.36. The van der Waals surface area contributed by atoms with Gasteiger partial charge in [-0.05, 0) is 30.9 Å². The van der Waals surface area contributed by atoms with Crippen molar-refractivity contribution in [1.29, 1.82) is 0 Å². The molecule has 1 rings (SSSR count). The van der Waals surface area contributed by atoms with Gasteiger partial charge >= 0.3 is 0 Å². The van der Waals surface area contributed by atoms with E-state index in [-0.39, 0.29) is 5.41 Å². The summed E-state index contributed by atoms with van der Waals surface area (Å²) in [7, 11) is 0. The maximum absolute atomic E-state index is 5.18. The molecule has 2 nitrogen and oxygen atoms in total. The van der Waals surface area contributed by atoms with Gasteiger partial charge in [-0.15, -0.1) is 0 Å². The molecule has 0 fully saturated rings. The van der Waals surface area contributed by atoms with E-state index in [9.17, 15) is 0 Å². The Morgan fingerprint density at radius 2 is 2.13 bits per heavy atom. The smallest absolute Gasteiger partial charge is 0.0950 e. The number of furan rings is 1. The average Bonchev–Trinajstić information content (AvgIpc) is 2.71. The summed E-state index contributed by atoms with van der Waals surface area (Å²) in [5.41, 5.74) is 1.52. The summed E-state index contributed by atoms with van der Waals surface area (Å²) in [6.45, 7) is 10.1. The highest BCUT2D eigenvalue weighted by Gasteiger charge is 2.29. The van der Waals surface area contributed by atoms with Crippen LogP contribution in [0.2, 0.25) is 0 Å². The van der Waals surface area contributed by atoms with Crippen molar-refractivity contribution >= 4 is 0 Å². The molecular weight excluding hydrogens is 186 g/mol. The van der Waals surface area contributed by atoms with E-state index in [0.29, 0.717) is 6.04 Å². The van der Waals surface area contributed by atoms with Crippen molar-refractivity contribution in [3.05, 3.63) is 24.2 Å². The van der Waals surface area contributed by atoms with Gasteiger partial charge in [0.25, 0.3) is 0 Å². The predicted octanol–water partition coefficient (Wildman–Crippen LogP) is 3.76. The zero-order valence-corrected chi connectivity index (χ0v) is 10.3. The summed E-state index contributed by atoms with van der Waals surface area (Å²) in [6.07, 6.45) is 5.92. The van der Waals surface area contributed by atoms with Gasteiger partial charge in [0.2, 0.25) is 0 Å². The Labute approximate surface area is 93.1 Å². The largest absolute Gasteiger partial charge is 0.472 e. The fourth-order valence-corrected chi connectivity index (χ4v) is 1.78. The molecule has 0 aliphatic rings. The first-order valence-electron chi connectivity index (χ1n) is 5.87. The van der Waals surface area contributed by atoms with Gasteiger partial charge in [0.15, 0.2) is 0 Å². The van der Waals surface area contributed by atoms with Gasteiger partial charge in [-0.3, -0.25) is 0 Å². The van der Waals surface area contributed by atoms with Crippen LogP contribution in [0.15, 0.2) is 23.0 Å². The molecule has 0 amide bonds. The lowest BCUT2D eigenvalue weighted by molar-refractivity contribution is 0.233. The maximum atomic E-state index is 5.18. The Morgan fingerprint density at radius 3 is 2.60 bits per heavy atom. The summed E-state index contributed by atoms with van der Waals surface area (Å²) in [4.78, 5) is 0. The van der Waals surface area contributed by atoms with Crippen LogP contribution >= 0.6 is 0 Å².